The van der Waals surface area contributed by atoms with Crippen molar-refractivity contribution < 1.29 is 0 Å². The molecule has 2 rings (SSSR count). The van der Waals surface area contributed by atoms with Gasteiger partial charge in [0.25, 0.3) is 0 Å². The molecule has 0 aromatic carbocycles. The normalized spacial score (nSPS) is 17.8. The quantitative estimate of drug-likeness (QED) is 0.806. The van der Waals surface area contributed by atoms with E-state index in [9.17, 15) is 0 Å². The van der Waals surface area contributed by atoms with E-state index >= 15 is 0 Å². The minimum atomic E-state index is 0.907. The molecule has 0 unspecified atom stereocenters. The van der Waals surface area contributed by atoms with Crippen molar-refractivity contribution in [3.8, 4) is 0 Å². The first-order valence-corrected chi connectivity index (χ1v) is 5.82. The molecule has 1 aliphatic rings. The highest BCUT2D eigenvalue weighted by Gasteiger charge is 2.16. The highest BCUT2D eigenvalue weighted by molar-refractivity contribution is 5.52. The second kappa shape index (κ2) is 5.27. The molecule has 0 aliphatic carbocycles. The molecule has 2 heterocycles. The van der Waals surface area contributed by atoms with Crippen molar-refractivity contribution in [2.75, 3.05) is 45.2 Å². The number of nitrogens with zero attached hydrogens (tertiary/aromatic N) is 3. The largest absolute Gasteiger partial charge is 0.367 e. The molecular weight excluding hydrogens is 200 g/mol. The van der Waals surface area contributed by atoms with Crippen molar-refractivity contribution in [3.63, 3.8) is 0 Å². The minimum absolute atomic E-state index is 0.907. The third-order valence-corrected chi connectivity index (χ3v) is 3.10. The zero-order valence-corrected chi connectivity index (χ0v) is 10.1. The summed E-state index contributed by atoms with van der Waals surface area (Å²) in [7, 11) is 4.16. The third kappa shape index (κ3) is 2.51. The van der Waals surface area contributed by atoms with E-state index < -0.39 is 0 Å². The van der Waals surface area contributed by atoms with Gasteiger partial charge in [-0.15, -0.1) is 0 Å². The number of aromatic nitrogens is 1. The molecule has 1 aliphatic heterocycles. The molecule has 0 saturated carbocycles. The van der Waals surface area contributed by atoms with Crippen molar-refractivity contribution in [2.45, 2.75) is 6.54 Å². The molecule has 16 heavy (non-hydrogen) atoms. The van der Waals surface area contributed by atoms with Crippen LogP contribution in [0, 0.1) is 0 Å². The smallest absolute Gasteiger partial charge is 0.0599 e. The fraction of sp³-hybridized carbons (Fsp3) is 0.583. The number of nitrogens with one attached hydrogen (secondary N) is 1. The summed E-state index contributed by atoms with van der Waals surface area (Å²) in [5.74, 6) is 0. The van der Waals surface area contributed by atoms with E-state index in [-0.39, 0.29) is 0 Å². The van der Waals surface area contributed by atoms with E-state index in [1.807, 2.05) is 19.4 Å². The van der Waals surface area contributed by atoms with E-state index in [1.54, 1.807) is 0 Å². The second-order valence-corrected chi connectivity index (χ2v) is 4.33. The summed E-state index contributed by atoms with van der Waals surface area (Å²) in [5.41, 5.74) is 2.62. The van der Waals surface area contributed by atoms with Crippen LogP contribution in [0.2, 0.25) is 0 Å². The molecule has 0 atom stereocenters. The van der Waals surface area contributed by atoms with Crippen LogP contribution in [0.4, 0.5) is 5.69 Å². The molecule has 0 amide bonds. The van der Waals surface area contributed by atoms with Crippen molar-refractivity contribution in [1.29, 1.82) is 0 Å². The van der Waals surface area contributed by atoms with Crippen molar-refractivity contribution >= 4 is 5.69 Å². The molecule has 4 nitrogen and oxygen atoms in total. The van der Waals surface area contributed by atoms with Crippen LogP contribution in [0.25, 0.3) is 0 Å². The first-order chi connectivity index (χ1) is 7.81. The number of anilines is 1. The van der Waals surface area contributed by atoms with Crippen molar-refractivity contribution in [3.05, 3.63) is 24.0 Å². The average Bonchev–Trinajstić information content (AvgIpc) is 2.32. The number of hydrogen-bond acceptors (Lipinski definition) is 4. The van der Waals surface area contributed by atoms with Gasteiger partial charge in [0, 0.05) is 38.9 Å². The van der Waals surface area contributed by atoms with Crippen LogP contribution >= 0.6 is 0 Å². The SMILES string of the molecule is CNCc1ccncc1N1CCN(C)CC1. The monoisotopic (exact) mass is 220 g/mol. The average molecular weight is 220 g/mol. The van der Waals surface area contributed by atoms with E-state index in [0.717, 1.165) is 32.7 Å². The van der Waals surface area contributed by atoms with Crippen LogP contribution in [0.3, 0.4) is 0 Å². The lowest BCUT2D eigenvalue weighted by atomic mass is 10.2. The Morgan fingerprint density at radius 3 is 2.75 bits per heavy atom. The van der Waals surface area contributed by atoms with Crippen LogP contribution < -0.4 is 10.2 Å². The summed E-state index contributed by atoms with van der Waals surface area (Å²) in [5, 5.41) is 3.21. The Morgan fingerprint density at radius 2 is 2.06 bits per heavy atom. The number of rotatable bonds is 3. The van der Waals surface area contributed by atoms with Gasteiger partial charge >= 0.3 is 0 Å². The molecule has 0 bridgehead atoms. The lowest BCUT2D eigenvalue weighted by Gasteiger charge is -2.34. The lowest BCUT2D eigenvalue weighted by Crippen LogP contribution is -2.45. The zero-order chi connectivity index (χ0) is 11.4. The van der Waals surface area contributed by atoms with E-state index in [2.05, 4.69) is 33.2 Å². The van der Waals surface area contributed by atoms with Gasteiger partial charge in [-0.3, -0.25) is 4.98 Å². The number of pyridine rings is 1. The Labute approximate surface area is 97.3 Å². The van der Waals surface area contributed by atoms with E-state index in [0.29, 0.717) is 0 Å². The van der Waals surface area contributed by atoms with Gasteiger partial charge in [-0.05, 0) is 25.7 Å². The summed E-state index contributed by atoms with van der Waals surface area (Å²) in [4.78, 5) is 9.03. The summed E-state index contributed by atoms with van der Waals surface area (Å²) in [6.45, 7) is 5.36. The van der Waals surface area contributed by atoms with Gasteiger partial charge in [-0.25, -0.2) is 0 Å². The summed E-state index contributed by atoms with van der Waals surface area (Å²) < 4.78 is 0. The molecule has 1 N–H and O–H groups in total. The van der Waals surface area contributed by atoms with Gasteiger partial charge in [0.2, 0.25) is 0 Å². The van der Waals surface area contributed by atoms with Crippen LogP contribution in [0.1, 0.15) is 5.56 Å². The fourth-order valence-corrected chi connectivity index (χ4v) is 2.09. The maximum absolute atomic E-state index is 4.24. The molecular formula is C12H20N4. The maximum atomic E-state index is 4.24. The summed E-state index contributed by atoms with van der Waals surface area (Å²) in [6, 6.07) is 2.10. The van der Waals surface area contributed by atoms with Crippen LogP contribution in [0.5, 0.6) is 0 Å². The maximum Gasteiger partial charge on any atom is 0.0599 e. The molecule has 0 radical (unpaired) electrons. The van der Waals surface area contributed by atoms with Crippen molar-refractivity contribution in [1.82, 2.24) is 15.2 Å². The predicted octanol–water partition coefficient (Wildman–Crippen LogP) is 0.553. The molecule has 4 heteroatoms. The zero-order valence-electron chi connectivity index (χ0n) is 10.1. The second-order valence-electron chi connectivity index (χ2n) is 4.33. The first-order valence-electron chi connectivity index (χ1n) is 5.82. The van der Waals surface area contributed by atoms with Gasteiger partial charge in [-0.2, -0.15) is 0 Å². The van der Waals surface area contributed by atoms with Crippen molar-refractivity contribution in [2.24, 2.45) is 0 Å². The van der Waals surface area contributed by atoms with E-state index in [4.69, 9.17) is 0 Å². The topological polar surface area (TPSA) is 31.4 Å². The van der Waals surface area contributed by atoms with Crippen LogP contribution in [0.15, 0.2) is 18.5 Å². The Morgan fingerprint density at radius 1 is 1.31 bits per heavy atom. The van der Waals surface area contributed by atoms with E-state index in [1.165, 1.54) is 11.3 Å². The molecule has 1 aromatic rings. The molecule has 88 valence electrons. The number of likely N-dealkylation sites (N-methyl/N-ethyl adjacent to an activating group) is 1. The van der Waals surface area contributed by atoms with Crippen LogP contribution in [-0.2, 0) is 6.54 Å². The fourth-order valence-electron chi connectivity index (χ4n) is 2.09. The molecule has 1 saturated heterocycles. The lowest BCUT2D eigenvalue weighted by molar-refractivity contribution is 0.312. The summed E-state index contributed by atoms with van der Waals surface area (Å²) >= 11 is 0. The Bertz CT molecular complexity index is 332. The Balaban J connectivity index is 2.13. The highest BCUT2D eigenvalue weighted by Crippen LogP contribution is 2.20. The third-order valence-electron chi connectivity index (χ3n) is 3.10. The summed E-state index contributed by atoms with van der Waals surface area (Å²) in [6.07, 6.45) is 3.85. The highest BCUT2D eigenvalue weighted by atomic mass is 15.2. The minimum Gasteiger partial charge on any atom is -0.367 e. The van der Waals surface area contributed by atoms with Crippen LogP contribution in [-0.4, -0.2) is 50.2 Å². The Kier molecular flexibility index (Phi) is 3.74. The van der Waals surface area contributed by atoms with Gasteiger partial charge in [0.05, 0.1) is 11.9 Å². The number of hydrogen-bond donors (Lipinski definition) is 1. The van der Waals surface area contributed by atoms with Gasteiger partial charge in [-0.1, -0.05) is 0 Å². The van der Waals surface area contributed by atoms with Gasteiger partial charge < -0.3 is 15.1 Å². The Hall–Kier alpha value is -1.13. The first kappa shape index (κ1) is 11.4. The molecule has 1 aromatic heterocycles. The predicted molar refractivity (Wildman–Crippen MR) is 66.7 cm³/mol. The number of piperazine rings is 1. The standard InChI is InChI=1S/C12H20N4/c1-13-9-11-3-4-14-10-12(11)16-7-5-15(2)6-8-16/h3-4,10,13H,5-9H2,1-2H3. The van der Waals surface area contributed by atoms with Gasteiger partial charge in [0.1, 0.15) is 0 Å². The van der Waals surface area contributed by atoms with Gasteiger partial charge in [0.15, 0.2) is 0 Å². The molecule has 1 fully saturated rings. The molecule has 0 spiro atoms.